The van der Waals surface area contributed by atoms with Crippen molar-refractivity contribution in [2.24, 2.45) is 0 Å². The number of carbonyl (C=O) groups is 1. The predicted molar refractivity (Wildman–Crippen MR) is 110 cm³/mol. The van der Waals surface area contributed by atoms with Crippen LogP contribution in [0.25, 0.3) is 21.0 Å². The second kappa shape index (κ2) is 8.83. The van der Waals surface area contributed by atoms with E-state index in [9.17, 15) is 26.4 Å². The third kappa shape index (κ3) is 5.16. The molecule has 0 unspecified atom stereocenters. The number of aromatic nitrogens is 2. The smallest absolute Gasteiger partial charge is 0.435 e. The molecular weight excluding hydrogens is 453 g/mol. The Hall–Kier alpha value is -2.66. The molecule has 0 atom stereocenters. The van der Waals surface area contributed by atoms with Gasteiger partial charge >= 0.3 is 12.1 Å². The van der Waals surface area contributed by atoms with Gasteiger partial charge in [-0.25, -0.2) is 8.42 Å². The van der Waals surface area contributed by atoms with Crippen LogP contribution in [-0.2, 0) is 32.1 Å². The van der Waals surface area contributed by atoms with Gasteiger partial charge in [-0.05, 0) is 42.8 Å². The molecule has 31 heavy (non-hydrogen) atoms. The van der Waals surface area contributed by atoms with Crippen LogP contribution in [0.5, 0.6) is 0 Å². The van der Waals surface area contributed by atoms with Crippen molar-refractivity contribution >= 4 is 27.1 Å². The Morgan fingerprint density at radius 1 is 1.13 bits per heavy atom. The van der Waals surface area contributed by atoms with E-state index in [0.717, 1.165) is 10.7 Å². The maximum atomic E-state index is 13.2. The lowest BCUT2D eigenvalue weighted by Gasteiger charge is -2.06. The summed E-state index contributed by atoms with van der Waals surface area (Å²) in [5.41, 5.74) is -0.370. The number of nitrogens with zero attached hydrogens (tertiary/aromatic N) is 2. The van der Waals surface area contributed by atoms with Crippen molar-refractivity contribution in [3.8, 4) is 21.0 Å². The summed E-state index contributed by atoms with van der Waals surface area (Å²) in [4.78, 5) is 13.1. The Labute approximate surface area is 181 Å². The lowest BCUT2D eigenvalue weighted by molar-refractivity contribution is -0.146. The van der Waals surface area contributed by atoms with Crippen molar-refractivity contribution in [2.75, 3.05) is 12.4 Å². The maximum Gasteiger partial charge on any atom is 0.435 e. The SMILES string of the molecule is CCOC(=O)Cn1nc(C(F)(F)F)cc1-c1ccc(-c2cccc(S(=O)(=O)CC)c2)s1. The molecule has 6 nitrogen and oxygen atoms in total. The zero-order valence-corrected chi connectivity index (χ0v) is 18.3. The summed E-state index contributed by atoms with van der Waals surface area (Å²) in [5.74, 6) is -0.741. The lowest BCUT2D eigenvalue weighted by Crippen LogP contribution is -2.16. The fourth-order valence-electron chi connectivity index (χ4n) is 2.84. The molecule has 0 fully saturated rings. The molecule has 0 bridgehead atoms. The number of hydrogen-bond donors (Lipinski definition) is 0. The average molecular weight is 473 g/mol. The molecule has 166 valence electrons. The summed E-state index contributed by atoms with van der Waals surface area (Å²) in [6.45, 7) is 2.79. The van der Waals surface area contributed by atoms with Gasteiger partial charge in [-0.3, -0.25) is 9.48 Å². The summed E-state index contributed by atoms with van der Waals surface area (Å²) >= 11 is 1.17. The summed E-state index contributed by atoms with van der Waals surface area (Å²) in [6.07, 6.45) is -4.67. The Bertz CT molecular complexity index is 1200. The number of sulfone groups is 1. The van der Waals surface area contributed by atoms with E-state index in [0.29, 0.717) is 15.3 Å². The first-order valence-corrected chi connectivity index (χ1v) is 11.8. The van der Waals surface area contributed by atoms with Crippen LogP contribution in [0.2, 0.25) is 0 Å². The Morgan fingerprint density at radius 2 is 1.84 bits per heavy atom. The van der Waals surface area contributed by atoms with Crippen molar-refractivity contribution in [3.05, 3.63) is 48.2 Å². The first-order valence-electron chi connectivity index (χ1n) is 9.29. The number of alkyl halides is 3. The van der Waals surface area contributed by atoms with E-state index >= 15 is 0 Å². The quantitative estimate of drug-likeness (QED) is 0.468. The number of esters is 1. The zero-order chi connectivity index (χ0) is 22.8. The molecule has 0 radical (unpaired) electrons. The van der Waals surface area contributed by atoms with Crippen LogP contribution in [0, 0.1) is 0 Å². The highest BCUT2D eigenvalue weighted by Crippen LogP contribution is 2.38. The molecule has 0 aliphatic carbocycles. The van der Waals surface area contributed by atoms with Gasteiger partial charge < -0.3 is 4.74 Å². The van der Waals surface area contributed by atoms with Gasteiger partial charge in [0.15, 0.2) is 15.5 Å². The van der Waals surface area contributed by atoms with Crippen LogP contribution >= 0.6 is 11.3 Å². The molecule has 1 aromatic carbocycles. The van der Waals surface area contributed by atoms with Crippen molar-refractivity contribution in [1.82, 2.24) is 9.78 Å². The minimum Gasteiger partial charge on any atom is -0.465 e. The fourth-order valence-corrected chi connectivity index (χ4v) is 4.79. The monoisotopic (exact) mass is 472 g/mol. The third-order valence-corrected chi connectivity index (χ3v) is 7.26. The molecule has 3 aromatic rings. The normalized spacial score (nSPS) is 12.2. The highest BCUT2D eigenvalue weighted by molar-refractivity contribution is 7.91. The van der Waals surface area contributed by atoms with Gasteiger partial charge in [0, 0.05) is 4.88 Å². The number of rotatable bonds is 7. The van der Waals surface area contributed by atoms with Crippen LogP contribution < -0.4 is 0 Å². The van der Waals surface area contributed by atoms with Gasteiger partial charge in [-0.15, -0.1) is 11.3 Å². The predicted octanol–water partition coefficient (Wildman–Crippen LogP) is 4.65. The van der Waals surface area contributed by atoms with Crippen LogP contribution in [0.4, 0.5) is 13.2 Å². The van der Waals surface area contributed by atoms with Crippen LogP contribution in [0.3, 0.4) is 0 Å². The van der Waals surface area contributed by atoms with Crippen molar-refractivity contribution in [1.29, 1.82) is 0 Å². The molecule has 2 aromatic heterocycles. The Balaban J connectivity index is 2.01. The second-order valence-corrected chi connectivity index (χ2v) is 9.83. The topological polar surface area (TPSA) is 78.3 Å². The van der Waals surface area contributed by atoms with Gasteiger partial charge in [-0.1, -0.05) is 19.1 Å². The number of halogens is 3. The Morgan fingerprint density at radius 3 is 2.48 bits per heavy atom. The molecule has 11 heteroatoms. The van der Waals surface area contributed by atoms with Crippen molar-refractivity contribution < 1.29 is 31.1 Å². The maximum absolute atomic E-state index is 13.2. The van der Waals surface area contributed by atoms with E-state index in [2.05, 4.69) is 5.10 Å². The molecule has 2 heterocycles. The van der Waals surface area contributed by atoms with Gasteiger partial charge in [0.1, 0.15) is 6.54 Å². The number of carbonyl (C=O) groups excluding carboxylic acids is 1. The summed E-state index contributed by atoms with van der Waals surface area (Å²) < 4.78 is 69.7. The summed E-state index contributed by atoms with van der Waals surface area (Å²) in [5, 5.41) is 3.54. The van der Waals surface area contributed by atoms with Crippen LogP contribution in [-0.4, -0.2) is 36.5 Å². The van der Waals surface area contributed by atoms with E-state index in [-0.39, 0.29) is 22.9 Å². The minimum atomic E-state index is -4.67. The van der Waals surface area contributed by atoms with Crippen molar-refractivity contribution in [2.45, 2.75) is 31.5 Å². The minimum absolute atomic E-state index is 0.0423. The van der Waals surface area contributed by atoms with Crippen molar-refractivity contribution in [3.63, 3.8) is 0 Å². The van der Waals surface area contributed by atoms with Gasteiger partial charge in [-0.2, -0.15) is 18.3 Å². The molecule has 0 amide bonds. The van der Waals surface area contributed by atoms with Gasteiger partial charge in [0.05, 0.1) is 27.8 Å². The van der Waals surface area contributed by atoms with E-state index in [4.69, 9.17) is 4.74 Å². The first kappa shape index (κ1) is 23.0. The molecular formula is C20H19F3N2O4S2. The fraction of sp³-hybridized carbons (Fsp3) is 0.300. The highest BCUT2D eigenvalue weighted by atomic mass is 32.2. The van der Waals surface area contributed by atoms with Crippen LogP contribution in [0.15, 0.2) is 47.4 Å². The number of thiophene rings is 1. The van der Waals surface area contributed by atoms with E-state index in [1.807, 2.05) is 0 Å². The molecule has 0 aliphatic heterocycles. The Kier molecular flexibility index (Phi) is 6.56. The van der Waals surface area contributed by atoms with Gasteiger partial charge in [0.25, 0.3) is 0 Å². The molecule has 0 saturated carbocycles. The van der Waals surface area contributed by atoms with Crippen LogP contribution in [0.1, 0.15) is 19.5 Å². The molecule has 0 aliphatic rings. The number of benzene rings is 1. The second-order valence-electron chi connectivity index (χ2n) is 6.47. The summed E-state index contributed by atoms with van der Waals surface area (Å²) in [7, 11) is -3.40. The van der Waals surface area contributed by atoms with Gasteiger partial charge in [0.2, 0.25) is 0 Å². The van der Waals surface area contributed by atoms with E-state index in [1.165, 1.54) is 23.5 Å². The first-order chi connectivity index (χ1) is 14.5. The highest BCUT2D eigenvalue weighted by Gasteiger charge is 2.35. The standard InChI is InChI=1S/C20H19F3N2O4S2/c1-3-29-19(26)12-25-15(11-18(24-25)20(21,22)23)17-9-8-16(30-17)13-6-5-7-14(10-13)31(27,28)4-2/h5-11H,3-4,12H2,1-2H3. The van der Waals surface area contributed by atoms with E-state index in [1.54, 1.807) is 38.1 Å². The molecule has 3 rings (SSSR count). The average Bonchev–Trinajstić information content (AvgIpc) is 3.35. The molecule has 0 saturated heterocycles. The number of hydrogen-bond acceptors (Lipinski definition) is 6. The largest absolute Gasteiger partial charge is 0.465 e. The summed E-state index contributed by atoms with van der Waals surface area (Å²) in [6, 6.07) is 10.6. The third-order valence-electron chi connectivity index (χ3n) is 4.37. The number of ether oxygens (including phenoxy) is 1. The molecule has 0 N–H and O–H groups in total. The lowest BCUT2D eigenvalue weighted by atomic mass is 10.2. The zero-order valence-electron chi connectivity index (χ0n) is 16.6. The van der Waals surface area contributed by atoms with E-state index < -0.39 is 34.2 Å². The molecule has 0 spiro atoms.